The number of rotatable bonds is 3. The Morgan fingerprint density at radius 3 is 2.62 bits per heavy atom. The van der Waals surface area contributed by atoms with Crippen LogP contribution in [0.1, 0.15) is 27.8 Å². The third-order valence-electron chi connectivity index (χ3n) is 2.58. The van der Waals surface area contributed by atoms with E-state index in [4.69, 9.17) is 0 Å². The van der Waals surface area contributed by atoms with Crippen LogP contribution >= 0.6 is 43.2 Å². The van der Waals surface area contributed by atoms with Crippen molar-refractivity contribution < 1.29 is 0 Å². The molecule has 0 aliphatic rings. The topological polar surface area (TPSA) is 0 Å². The molecule has 84 valence electrons. The first-order chi connectivity index (χ1) is 7.74. The number of benzene rings is 1. The van der Waals surface area contributed by atoms with Crippen molar-refractivity contribution in [2.75, 3.05) is 0 Å². The fourth-order valence-electron chi connectivity index (χ4n) is 1.73. The first kappa shape index (κ1) is 12.3. The molecule has 2 rings (SSSR count). The molecule has 0 nitrogen and oxygen atoms in total. The van der Waals surface area contributed by atoms with E-state index in [1.807, 2.05) is 0 Å². The Kier molecular flexibility index (Phi) is 4.22. The molecule has 1 heterocycles. The van der Waals surface area contributed by atoms with Crippen molar-refractivity contribution in [3.05, 3.63) is 56.2 Å². The van der Waals surface area contributed by atoms with Gasteiger partial charge in [0.1, 0.15) is 0 Å². The van der Waals surface area contributed by atoms with Crippen LogP contribution in [0.25, 0.3) is 0 Å². The third-order valence-corrected chi connectivity index (χ3v) is 5.77. The molecule has 2 aromatic rings. The summed E-state index contributed by atoms with van der Waals surface area (Å²) in [5, 5.41) is 2.11. The summed E-state index contributed by atoms with van der Waals surface area (Å²) in [5.41, 5.74) is 2.78. The van der Waals surface area contributed by atoms with Gasteiger partial charge >= 0.3 is 0 Å². The average molecular weight is 360 g/mol. The quantitative estimate of drug-likeness (QED) is 0.629. The lowest BCUT2D eigenvalue weighted by Gasteiger charge is -2.13. The second-order valence-corrected chi connectivity index (χ2v) is 6.27. The summed E-state index contributed by atoms with van der Waals surface area (Å²) in [6, 6.07) is 10.7. The zero-order valence-corrected chi connectivity index (χ0v) is 12.9. The molecule has 0 aliphatic carbocycles. The third kappa shape index (κ3) is 2.41. The molecule has 1 unspecified atom stereocenters. The van der Waals surface area contributed by atoms with Gasteiger partial charge in [0.25, 0.3) is 0 Å². The van der Waals surface area contributed by atoms with Crippen LogP contribution in [0.2, 0.25) is 0 Å². The van der Waals surface area contributed by atoms with Gasteiger partial charge in [0.15, 0.2) is 0 Å². The lowest BCUT2D eigenvalue weighted by Crippen LogP contribution is -1.96. The Morgan fingerprint density at radius 1 is 1.25 bits per heavy atom. The van der Waals surface area contributed by atoms with Gasteiger partial charge in [-0.3, -0.25) is 0 Å². The van der Waals surface area contributed by atoms with Crippen LogP contribution in [0.5, 0.6) is 0 Å². The fourth-order valence-corrected chi connectivity index (χ4v) is 4.65. The minimum atomic E-state index is 0.290. The maximum atomic E-state index is 3.80. The standard InChI is InChI=1S/C13H12Br2S/c1-2-9-5-3-4-6-10(9)12(15)13-11(14)7-8-16-13/h3-8,12H,2H2,1H3. The van der Waals surface area contributed by atoms with Crippen molar-refractivity contribution in [3.63, 3.8) is 0 Å². The summed E-state index contributed by atoms with van der Waals surface area (Å²) in [4.78, 5) is 1.62. The van der Waals surface area contributed by atoms with Crippen molar-refractivity contribution in [1.82, 2.24) is 0 Å². The largest absolute Gasteiger partial charge is 0.146 e. The number of hydrogen-bond acceptors (Lipinski definition) is 1. The second kappa shape index (κ2) is 5.48. The van der Waals surface area contributed by atoms with E-state index in [1.165, 1.54) is 20.5 Å². The van der Waals surface area contributed by atoms with Gasteiger partial charge in [-0.2, -0.15) is 0 Å². The van der Waals surface area contributed by atoms with Gasteiger partial charge in [0, 0.05) is 9.35 Å². The van der Waals surface area contributed by atoms with Gasteiger partial charge in [0.2, 0.25) is 0 Å². The summed E-state index contributed by atoms with van der Waals surface area (Å²) >= 11 is 9.17. The number of hydrogen-bond donors (Lipinski definition) is 0. The monoisotopic (exact) mass is 358 g/mol. The fraction of sp³-hybridized carbons (Fsp3) is 0.231. The van der Waals surface area contributed by atoms with E-state index in [0.29, 0.717) is 0 Å². The molecule has 1 aromatic carbocycles. The molecule has 1 atom stereocenters. The molecule has 3 heteroatoms. The number of thiophene rings is 1. The van der Waals surface area contributed by atoms with Crippen LogP contribution in [0.15, 0.2) is 40.2 Å². The molecular formula is C13H12Br2S. The number of alkyl halides is 1. The molecule has 0 fully saturated rings. The van der Waals surface area contributed by atoms with Crippen LogP contribution in [0, 0.1) is 0 Å². The Morgan fingerprint density at radius 2 is 2.00 bits per heavy atom. The maximum absolute atomic E-state index is 3.80. The van der Waals surface area contributed by atoms with E-state index in [-0.39, 0.29) is 4.83 Å². The Labute approximate surface area is 117 Å². The van der Waals surface area contributed by atoms with Gasteiger partial charge in [-0.1, -0.05) is 47.1 Å². The van der Waals surface area contributed by atoms with E-state index in [2.05, 4.69) is 74.5 Å². The summed E-state index contributed by atoms with van der Waals surface area (Å²) in [7, 11) is 0. The predicted molar refractivity (Wildman–Crippen MR) is 78.6 cm³/mol. The first-order valence-corrected chi connectivity index (χ1v) is 7.77. The van der Waals surface area contributed by atoms with Gasteiger partial charge in [0.05, 0.1) is 4.83 Å². The number of halogens is 2. The molecule has 0 amide bonds. The van der Waals surface area contributed by atoms with Gasteiger partial charge in [-0.25, -0.2) is 0 Å². The van der Waals surface area contributed by atoms with E-state index in [0.717, 1.165) is 6.42 Å². The van der Waals surface area contributed by atoms with Crippen LogP contribution in [-0.4, -0.2) is 0 Å². The van der Waals surface area contributed by atoms with Crippen molar-refractivity contribution in [2.45, 2.75) is 18.2 Å². The molecule has 16 heavy (non-hydrogen) atoms. The smallest absolute Gasteiger partial charge is 0.0752 e. The molecule has 0 radical (unpaired) electrons. The molecular weight excluding hydrogens is 348 g/mol. The Balaban J connectivity index is 2.41. The zero-order valence-electron chi connectivity index (χ0n) is 8.91. The molecule has 0 aliphatic heterocycles. The lowest BCUT2D eigenvalue weighted by molar-refractivity contribution is 1.06. The van der Waals surface area contributed by atoms with Crippen LogP contribution < -0.4 is 0 Å². The molecule has 0 saturated carbocycles. The summed E-state index contributed by atoms with van der Waals surface area (Å²) in [5.74, 6) is 0. The van der Waals surface area contributed by atoms with E-state index in [1.54, 1.807) is 11.3 Å². The Bertz CT molecular complexity index is 476. The van der Waals surface area contributed by atoms with Crippen molar-refractivity contribution >= 4 is 43.2 Å². The van der Waals surface area contributed by atoms with E-state index >= 15 is 0 Å². The highest BCUT2D eigenvalue weighted by molar-refractivity contribution is 9.11. The maximum Gasteiger partial charge on any atom is 0.0752 e. The minimum Gasteiger partial charge on any atom is -0.146 e. The first-order valence-electron chi connectivity index (χ1n) is 5.18. The van der Waals surface area contributed by atoms with Gasteiger partial charge < -0.3 is 0 Å². The van der Waals surface area contributed by atoms with E-state index in [9.17, 15) is 0 Å². The van der Waals surface area contributed by atoms with Crippen molar-refractivity contribution in [2.24, 2.45) is 0 Å². The average Bonchev–Trinajstić information content (AvgIpc) is 2.74. The molecule has 0 spiro atoms. The second-order valence-electron chi connectivity index (χ2n) is 3.55. The molecule has 1 aromatic heterocycles. The van der Waals surface area contributed by atoms with E-state index < -0.39 is 0 Å². The highest BCUT2D eigenvalue weighted by atomic mass is 79.9. The van der Waals surface area contributed by atoms with Gasteiger partial charge in [-0.15, -0.1) is 11.3 Å². The number of aryl methyl sites for hydroxylation is 1. The minimum absolute atomic E-state index is 0.290. The summed E-state index contributed by atoms with van der Waals surface area (Å²) in [6.45, 7) is 2.20. The zero-order chi connectivity index (χ0) is 11.5. The van der Waals surface area contributed by atoms with Crippen LogP contribution in [0.4, 0.5) is 0 Å². The molecule has 0 bridgehead atoms. The summed E-state index contributed by atoms with van der Waals surface area (Å²) in [6.07, 6.45) is 1.07. The van der Waals surface area contributed by atoms with Gasteiger partial charge in [-0.05, 0) is 44.9 Å². The normalized spacial score (nSPS) is 12.7. The van der Waals surface area contributed by atoms with Crippen molar-refractivity contribution in [3.8, 4) is 0 Å². The highest BCUT2D eigenvalue weighted by Gasteiger charge is 2.16. The van der Waals surface area contributed by atoms with Crippen LogP contribution in [-0.2, 0) is 6.42 Å². The molecule has 0 saturated heterocycles. The SMILES string of the molecule is CCc1ccccc1C(Br)c1sccc1Br. The molecule has 0 N–H and O–H groups in total. The predicted octanol–water partition coefficient (Wildman–Crippen LogP) is 5.56. The Hall–Kier alpha value is -0.120. The van der Waals surface area contributed by atoms with Crippen molar-refractivity contribution in [1.29, 1.82) is 0 Å². The lowest BCUT2D eigenvalue weighted by atomic mass is 10.0. The highest BCUT2D eigenvalue weighted by Crippen LogP contribution is 2.40. The summed E-state index contributed by atoms with van der Waals surface area (Å²) < 4.78 is 1.19. The van der Waals surface area contributed by atoms with Crippen LogP contribution in [0.3, 0.4) is 0 Å².